The number of nitrogens with one attached hydrogen (secondary N) is 1. The van der Waals surface area contributed by atoms with Gasteiger partial charge in [0.2, 0.25) is 15.9 Å². The van der Waals surface area contributed by atoms with E-state index in [4.69, 9.17) is 0 Å². The van der Waals surface area contributed by atoms with Crippen LogP contribution in [-0.4, -0.2) is 61.4 Å². The number of carbonyl (C=O) groups excluding carboxylic acids is 2. The summed E-state index contributed by atoms with van der Waals surface area (Å²) in [6.45, 7) is 2.66. The summed E-state index contributed by atoms with van der Waals surface area (Å²) in [5, 5.41) is 2.83. The van der Waals surface area contributed by atoms with Gasteiger partial charge in [0, 0.05) is 36.8 Å². The number of sulfonamides is 1. The second kappa shape index (κ2) is 10.7. The Morgan fingerprint density at radius 1 is 0.879 bits per heavy atom. The van der Waals surface area contributed by atoms with Crippen molar-refractivity contribution in [2.24, 2.45) is 0 Å². The first-order chi connectivity index (χ1) is 15.9. The molecule has 0 spiro atoms. The van der Waals surface area contributed by atoms with Gasteiger partial charge in [0.05, 0.1) is 16.2 Å². The number of benzene rings is 2. The van der Waals surface area contributed by atoms with Crippen LogP contribution in [0.1, 0.15) is 42.5 Å². The van der Waals surface area contributed by atoms with E-state index in [1.54, 1.807) is 30.3 Å². The van der Waals surface area contributed by atoms with Crippen molar-refractivity contribution in [3.8, 4) is 0 Å². The summed E-state index contributed by atoms with van der Waals surface area (Å²) in [6.07, 6.45) is 4.86. The van der Waals surface area contributed by atoms with E-state index >= 15 is 0 Å². The molecule has 2 aliphatic rings. The first-order valence-corrected chi connectivity index (χ1v) is 13.8. The molecule has 9 heteroatoms. The number of rotatable bonds is 7. The maximum absolute atomic E-state index is 13.0. The quantitative estimate of drug-likeness (QED) is 0.600. The Morgan fingerprint density at radius 3 is 2.33 bits per heavy atom. The first-order valence-electron chi connectivity index (χ1n) is 11.4. The highest BCUT2D eigenvalue weighted by Crippen LogP contribution is 2.26. The number of carbonyl (C=O) groups is 2. The molecule has 2 aliphatic heterocycles. The largest absolute Gasteiger partial charge is 0.342 e. The summed E-state index contributed by atoms with van der Waals surface area (Å²) < 4.78 is 27.5. The lowest BCUT2D eigenvalue weighted by molar-refractivity contribution is -0.127. The molecule has 2 aromatic rings. The van der Waals surface area contributed by atoms with Crippen molar-refractivity contribution in [3.05, 3.63) is 54.1 Å². The molecule has 2 amide bonds. The summed E-state index contributed by atoms with van der Waals surface area (Å²) in [5.41, 5.74) is 0.882. The van der Waals surface area contributed by atoms with Gasteiger partial charge in [-0.1, -0.05) is 24.6 Å². The number of likely N-dealkylation sites (tertiary alicyclic amines) is 1. The number of nitrogens with zero attached hydrogens (tertiary/aromatic N) is 2. The van der Waals surface area contributed by atoms with Gasteiger partial charge in [-0.25, -0.2) is 8.42 Å². The number of anilines is 1. The molecule has 2 fully saturated rings. The number of piperidine rings is 1. The lowest BCUT2D eigenvalue weighted by Gasteiger charge is -2.26. The summed E-state index contributed by atoms with van der Waals surface area (Å²) in [7, 11) is -3.58. The number of thioether (sulfide) groups is 1. The molecule has 2 heterocycles. The summed E-state index contributed by atoms with van der Waals surface area (Å²) in [6, 6.07) is 13.5. The van der Waals surface area contributed by atoms with Crippen LogP contribution in [0.25, 0.3) is 0 Å². The van der Waals surface area contributed by atoms with Gasteiger partial charge >= 0.3 is 0 Å². The van der Waals surface area contributed by atoms with Crippen LogP contribution in [0.5, 0.6) is 0 Å². The van der Waals surface area contributed by atoms with Crippen LogP contribution < -0.4 is 5.32 Å². The molecule has 2 aromatic carbocycles. The second-order valence-corrected chi connectivity index (χ2v) is 11.3. The zero-order valence-corrected chi connectivity index (χ0v) is 20.2. The van der Waals surface area contributed by atoms with Crippen LogP contribution in [0.15, 0.2) is 58.3 Å². The normalized spacial score (nSPS) is 17.2. The van der Waals surface area contributed by atoms with Crippen molar-refractivity contribution in [1.29, 1.82) is 0 Å². The molecule has 0 radical (unpaired) electrons. The Hall–Kier alpha value is -2.36. The highest BCUT2D eigenvalue weighted by atomic mass is 32.2. The van der Waals surface area contributed by atoms with Crippen molar-refractivity contribution < 1.29 is 18.0 Å². The molecule has 4 rings (SSSR count). The fourth-order valence-electron chi connectivity index (χ4n) is 4.16. The van der Waals surface area contributed by atoms with Gasteiger partial charge in [0.15, 0.2) is 0 Å². The maximum Gasteiger partial charge on any atom is 0.256 e. The van der Waals surface area contributed by atoms with E-state index in [1.165, 1.54) is 22.1 Å². The monoisotopic (exact) mass is 487 g/mol. The minimum atomic E-state index is -3.58. The van der Waals surface area contributed by atoms with Crippen molar-refractivity contribution in [2.75, 3.05) is 37.2 Å². The molecule has 176 valence electrons. The predicted octanol–water partition coefficient (Wildman–Crippen LogP) is 3.83. The van der Waals surface area contributed by atoms with Crippen LogP contribution in [-0.2, 0) is 14.8 Å². The minimum Gasteiger partial charge on any atom is -0.342 e. The van der Waals surface area contributed by atoms with Gasteiger partial charge in [-0.05, 0) is 56.0 Å². The minimum absolute atomic E-state index is 0.0864. The topological polar surface area (TPSA) is 86.8 Å². The van der Waals surface area contributed by atoms with Crippen molar-refractivity contribution >= 4 is 39.3 Å². The summed E-state index contributed by atoms with van der Waals surface area (Å²) in [4.78, 5) is 28.2. The first kappa shape index (κ1) is 23.8. The van der Waals surface area contributed by atoms with E-state index in [2.05, 4.69) is 5.32 Å². The summed E-state index contributed by atoms with van der Waals surface area (Å²) in [5.74, 6) is 0.0380. The predicted molar refractivity (Wildman–Crippen MR) is 130 cm³/mol. The number of amides is 2. The second-order valence-electron chi connectivity index (χ2n) is 8.32. The van der Waals surface area contributed by atoms with Gasteiger partial charge in [-0.2, -0.15) is 4.31 Å². The average molecular weight is 488 g/mol. The van der Waals surface area contributed by atoms with E-state index < -0.39 is 10.0 Å². The van der Waals surface area contributed by atoms with Crippen LogP contribution in [0.4, 0.5) is 5.69 Å². The van der Waals surface area contributed by atoms with Gasteiger partial charge in [-0.3, -0.25) is 9.59 Å². The molecule has 0 saturated carbocycles. The Balaban J connectivity index is 1.45. The molecule has 2 saturated heterocycles. The smallest absolute Gasteiger partial charge is 0.256 e. The Morgan fingerprint density at radius 2 is 1.58 bits per heavy atom. The van der Waals surface area contributed by atoms with Gasteiger partial charge in [0.1, 0.15) is 0 Å². The molecule has 33 heavy (non-hydrogen) atoms. The third-order valence-corrected chi connectivity index (χ3v) is 8.94. The Labute approximate surface area is 199 Å². The SMILES string of the molecule is O=C(Nc1cccc(S(=O)(=O)N2CCCCC2)c1)c1ccccc1SCC(=O)N1CCCC1. The van der Waals surface area contributed by atoms with E-state index in [1.807, 2.05) is 17.0 Å². The van der Waals surface area contributed by atoms with Crippen LogP contribution in [0, 0.1) is 0 Å². The molecule has 0 unspecified atom stereocenters. The third kappa shape index (κ3) is 5.77. The molecule has 0 aromatic heterocycles. The standard InChI is InChI=1S/C24H29N3O4S2/c28-23(26-13-6-7-14-26)18-32-22-12-3-2-11-21(22)24(29)25-19-9-8-10-20(17-19)33(30,31)27-15-4-1-5-16-27/h2-3,8-12,17H,1,4-7,13-16,18H2,(H,25,29). The van der Waals surface area contributed by atoms with Crippen molar-refractivity contribution in [1.82, 2.24) is 9.21 Å². The molecule has 0 aliphatic carbocycles. The van der Waals surface area contributed by atoms with E-state index in [0.717, 1.165) is 50.1 Å². The van der Waals surface area contributed by atoms with E-state index in [-0.39, 0.29) is 22.5 Å². The fraction of sp³-hybridized carbons (Fsp3) is 0.417. The van der Waals surface area contributed by atoms with Crippen molar-refractivity contribution in [2.45, 2.75) is 41.9 Å². The lowest BCUT2D eigenvalue weighted by atomic mass is 10.2. The highest BCUT2D eigenvalue weighted by Gasteiger charge is 2.26. The lowest BCUT2D eigenvalue weighted by Crippen LogP contribution is -2.35. The molecule has 1 N–H and O–H groups in total. The molecular weight excluding hydrogens is 458 g/mol. The van der Waals surface area contributed by atoms with Crippen LogP contribution in [0.3, 0.4) is 0 Å². The van der Waals surface area contributed by atoms with Crippen LogP contribution in [0.2, 0.25) is 0 Å². The van der Waals surface area contributed by atoms with Gasteiger partial charge < -0.3 is 10.2 Å². The van der Waals surface area contributed by atoms with E-state index in [0.29, 0.717) is 24.3 Å². The molecule has 0 atom stereocenters. The van der Waals surface area contributed by atoms with Crippen LogP contribution >= 0.6 is 11.8 Å². The molecular formula is C24H29N3O4S2. The molecule has 0 bridgehead atoms. The zero-order valence-electron chi connectivity index (χ0n) is 18.5. The summed E-state index contributed by atoms with van der Waals surface area (Å²) >= 11 is 1.35. The van der Waals surface area contributed by atoms with Crippen molar-refractivity contribution in [3.63, 3.8) is 0 Å². The Kier molecular flexibility index (Phi) is 7.72. The highest BCUT2D eigenvalue weighted by molar-refractivity contribution is 8.00. The maximum atomic E-state index is 13.0. The number of hydrogen-bond acceptors (Lipinski definition) is 5. The Bertz CT molecular complexity index is 1110. The van der Waals surface area contributed by atoms with Gasteiger partial charge in [-0.15, -0.1) is 11.8 Å². The van der Waals surface area contributed by atoms with Gasteiger partial charge in [0.25, 0.3) is 5.91 Å². The van der Waals surface area contributed by atoms with E-state index in [9.17, 15) is 18.0 Å². The third-order valence-electron chi connectivity index (χ3n) is 5.99. The average Bonchev–Trinajstić information content (AvgIpc) is 3.39. The molecule has 7 nitrogen and oxygen atoms in total. The zero-order chi connectivity index (χ0) is 23.3. The number of hydrogen-bond donors (Lipinski definition) is 1. The fourth-order valence-corrected chi connectivity index (χ4v) is 6.68.